The number of nitrogens with one attached hydrogen (secondary N) is 2. The van der Waals surface area contributed by atoms with E-state index in [0.29, 0.717) is 5.92 Å². The van der Waals surface area contributed by atoms with Gasteiger partial charge in [-0.2, -0.15) is 5.10 Å². The van der Waals surface area contributed by atoms with Gasteiger partial charge in [0.15, 0.2) is 0 Å². The number of rotatable bonds is 5. The zero-order valence-corrected chi connectivity index (χ0v) is 7.50. The summed E-state index contributed by atoms with van der Waals surface area (Å²) in [7, 11) is 1.72. The topological polar surface area (TPSA) is 49.9 Å². The molecule has 0 saturated carbocycles. The van der Waals surface area contributed by atoms with E-state index in [-0.39, 0.29) is 0 Å². The van der Waals surface area contributed by atoms with Crippen LogP contribution in [0.15, 0.2) is 12.4 Å². The van der Waals surface area contributed by atoms with Crippen LogP contribution >= 0.6 is 0 Å². The molecule has 0 radical (unpaired) electrons. The summed E-state index contributed by atoms with van der Waals surface area (Å²) in [5, 5.41) is 9.80. The molecule has 0 fully saturated rings. The lowest BCUT2D eigenvalue weighted by atomic mass is 10.2. The predicted molar refractivity (Wildman–Crippen MR) is 48.1 cm³/mol. The number of aromatic nitrogens is 2. The number of methoxy groups -OCH3 is 1. The third-order valence-electron chi connectivity index (χ3n) is 1.60. The Kier molecular flexibility index (Phi) is 3.60. The van der Waals surface area contributed by atoms with Crippen LogP contribution in [0, 0.1) is 5.92 Å². The van der Waals surface area contributed by atoms with Crippen LogP contribution in [-0.4, -0.2) is 30.5 Å². The molecular formula is C8H15N3O. The molecule has 0 aliphatic rings. The highest BCUT2D eigenvalue weighted by atomic mass is 16.5. The molecule has 0 bridgehead atoms. The van der Waals surface area contributed by atoms with Crippen molar-refractivity contribution in [2.75, 3.05) is 25.6 Å². The average molecular weight is 169 g/mol. The average Bonchev–Trinajstić information content (AvgIpc) is 2.53. The van der Waals surface area contributed by atoms with Crippen LogP contribution < -0.4 is 5.32 Å². The molecule has 0 aliphatic carbocycles. The third-order valence-corrected chi connectivity index (χ3v) is 1.60. The minimum absolute atomic E-state index is 0.518. The SMILES string of the molecule is COCC(C)CNc1cn[nH]c1. The highest BCUT2D eigenvalue weighted by Crippen LogP contribution is 2.03. The van der Waals surface area contributed by atoms with Crippen LogP contribution in [0.4, 0.5) is 5.69 Å². The zero-order valence-electron chi connectivity index (χ0n) is 7.50. The number of nitrogens with zero attached hydrogens (tertiary/aromatic N) is 1. The smallest absolute Gasteiger partial charge is 0.0723 e. The molecule has 0 aromatic carbocycles. The van der Waals surface area contributed by atoms with Crippen molar-refractivity contribution in [3.05, 3.63) is 12.4 Å². The van der Waals surface area contributed by atoms with E-state index in [1.807, 2.05) is 6.20 Å². The molecule has 4 nitrogen and oxygen atoms in total. The first-order valence-corrected chi connectivity index (χ1v) is 4.04. The zero-order chi connectivity index (χ0) is 8.81. The van der Waals surface area contributed by atoms with Gasteiger partial charge in [-0.3, -0.25) is 5.10 Å². The minimum Gasteiger partial charge on any atom is -0.384 e. The van der Waals surface area contributed by atoms with Gasteiger partial charge in [-0.1, -0.05) is 6.92 Å². The summed E-state index contributed by atoms with van der Waals surface area (Å²) >= 11 is 0. The Balaban J connectivity index is 2.17. The van der Waals surface area contributed by atoms with Crippen LogP contribution in [0.5, 0.6) is 0 Å². The van der Waals surface area contributed by atoms with Crippen molar-refractivity contribution in [2.24, 2.45) is 5.92 Å². The van der Waals surface area contributed by atoms with E-state index in [0.717, 1.165) is 18.8 Å². The first-order chi connectivity index (χ1) is 5.83. The summed E-state index contributed by atoms with van der Waals surface area (Å²) in [6, 6.07) is 0. The van der Waals surface area contributed by atoms with Gasteiger partial charge in [0.05, 0.1) is 18.5 Å². The Morgan fingerprint density at radius 1 is 1.75 bits per heavy atom. The lowest BCUT2D eigenvalue weighted by molar-refractivity contribution is 0.164. The Hall–Kier alpha value is -1.03. The van der Waals surface area contributed by atoms with E-state index in [9.17, 15) is 0 Å². The van der Waals surface area contributed by atoms with E-state index >= 15 is 0 Å². The largest absolute Gasteiger partial charge is 0.384 e. The molecule has 1 aromatic heterocycles. The van der Waals surface area contributed by atoms with E-state index < -0.39 is 0 Å². The van der Waals surface area contributed by atoms with Crippen molar-refractivity contribution in [1.29, 1.82) is 0 Å². The normalized spacial score (nSPS) is 12.8. The van der Waals surface area contributed by atoms with Gasteiger partial charge in [0.25, 0.3) is 0 Å². The molecule has 68 valence electrons. The number of hydrogen-bond donors (Lipinski definition) is 2. The fourth-order valence-corrected chi connectivity index (χ4v) is 0.983. The molecule has 0 amide bonds. The van der Waals surface area contributed by atoms with E-state index in [4.69, 9.17) is 4.74 Å². The molecule has 0 aliphatic heterocycles. The van der Waals surface area contributed by atoms with Gasteiger partial charge in [-0.15, -0.1) is 0 Å². The third kappa shape index (κ3) is 2.92. The molecule has 2 N–H and O–H groups in total. The lowest BCUT2D eigenvalue weighted by Gasteiger charge is -2.10. The van der Waals surface area contributed by atoms with Crippen LogP contribution in [0.1, 0.15) is 6.92 Å². The maximum Gasteiger partial charge on any atom is 0.0723 e. The summed E-state index contributed by atoms with van der Waals surface area (Å²) < 4.78 is 5.01. The van der Waals surface area contributed by atoms with Crippen molar-refractivity contribution in [3.63, 3.8) is 0 Å². The quantitative estimate of drug-likeness (QED) is 0.694. The Bertz CT molecular complexity index is 198. The first kappa shape index (κ1) is 9.06. The molecule has 1 atom stereocenters. The Morgan fingerprint density at radius 2 is 2.58 bits per heavy atom. The van der Waals surface area contributed by atoms with Crippen molar-refractivity contribution < 1.29 is 4.74 Å². The highest BCUT2D eigenvalue weighted by molar-refractivity contribution is 5.37. The second-order valence-corrected chi connectivity index (χ2v) is 2.93. The van der Waals surface area contributed by atoms with Gasteiger partial charge in [-0.25, -0.2) is 0 Å². The van der Waals surface area contributed by atoms with E-state index in [1.165, 1.54) is 0 Å². The van der Waals surface area contributed by atoms with Crippen molar-refractivity contribution >= 4 is 5.69 Å². The van der Waals surface area contributed by atoms with Crippen molar-refractivity contribution in [1.82, 2.24) is 10.2 Å². The van der Waals surface area contributed by atoms with Gasteiger partial charge in [0, 0.05) is 19.9 Å². The number of H-pyrrole nitrogens is 1. The molecule has 4 heteroatoms. The van der Waals surface area contributed by atoms with E-state index in [1.54, 1.807) is 13.3 Å². The van der Waals surface area contributed by atoms with Gasteiger partial charge in [-0.05, 0) is 5.92 Å². The van der Waals surface area contributed by atoms with Crippen LogP contribution in [0.25, 0.3) is 0 Å². The minimum atomic E-state index is 0.518. The van der Waals surface area contributed by atoms with Crippen molar-refractivity contribution in [2.45, 2.75) is 6.92 Å². The number of ether oxygens (including phenoxy) is 1. The van der Waals surface area contributed by atoms with Gasteiger partial charge >= 0.3 is 0 Å². The number of aromatic amines is 1. The van der Waals surface area contributed by atoms with E-state index in [2.05, 4.69) is 22.4 Å². The monoisotopic (exact) mass is 169 g/mol. The van der Waals surface area contributed by atoms with Crippen LogP contribution in [0.3, 0.4) is 0 Å². The highest BCUT2D eigenvalue weighted by Gasteiger charge is 2.00. The molecule has 1 rings (SSSR count). The fourth-order valence-electron chi connectivity index (χ4n) is 0.983. The molecule has 0 saturated heterocycles. The lowest BCUT2D eigenvalue weighted by Crippen LogP contribution is -2.15. The second-order valence-electron chi connectivity index (χ2n) is 2.93. The summed E-state index contributed by atoms with van der Waals surface area (Å²) in [6.07, 6.45) is 3.60. The summed E-state index contributed by atoms with van der Waals surface area (Å²) in [4.78, 5) is 0. The molecule has 1 heterocycles. The summed E-state index contributed by atoms with van der Waals surface area (Å²) in [6.45, 7) is 3.83. The molecule has 1 unspecified atom stereocenters. The Morgan fingerprint density at radius 3 is 3.17 bits per heavy atom. The van der Waals surface area contributed by atoms with Gasteiger partial charge in [0.1, 0.15) is 0 Å². The predicted octanol–water partition coefficient (Wildman–Crippen LogP) is 1.10. The number of anilines is 1. The fraction of sp³-hybridized carbons (Fsp3) is 0.625. The number of hydrogen-bond acceptors (Lipinski definition) is 3. The molecule has 0 spiro atoms. The van der Waals surface area contributed by atoms with Crippen molar-refractivity contribution in [3.8, 4) is 0 Å². The standard InChI is InChI=1S/C8H15N3O/c1-7(6-12-2)3-9-8-4-10-11-5-8/h4-5,7,9H,3,6H2,1-2H3,(H,10,11). The molecular weight excluding hydrogens is 154 g/mol. The summed E-state index contributed by atoms with van der Waals surface area (Å²) in [5.74, 6) is 0.518. The molecule has 1 aromatic rings. The molecule has 12 heavy (non-hydrogen) atoms. The van der Waals surface area contributed by atoms with Gasteiger partial charge < -0.3 is 10.1 Å². The second kappa shape index (κ2) is 4.77. The maximum atomic E-state index is 5.01. The Labute approximate surface area is 72.3 Å². The summed E-state index contributed by atoms with van der Waals surface area (Å²) in [5.41, 5.74) is 1.03. The van der Waals surface area contributed by atoms with Crippen LogP contribution in [-0.2, 0) is 4.74 Å². The van der Waals surface area contributed by atoms with Crippen LogP contribution in [0.2, 0.25) is 0 Å². The first-order valence-electron chi connectivity index (χ1n) is 4.04. The maximum absolute atomic E-state index is 5.01. The van der Waals surface area contributed by atoms with Gasteiger partial charge in [0.2, 0.25) is 0 Å².